The molecule has 0 aromatic carbocycles. The monoisotopic (exact) mass is 327 g/mol. The largest absolute Gasteiger partial charge is 0.463 e. The molecule has 0 aliphatic carbocycles. The minimum Gasteiger partial charge on any atom is -0.463 e. The highest BCUT2D eigenvalue weighted by Gasteiger charge is 2.22. The molecule has 3 aromatic heterocycles. The molecule has 0 spiro atoms. The number of nitrogens with two attached hydrogens (primary N) is 1. The van der Waals surface area contributed by atoms with Crippen molar-refractivity contribution in [1.29, 1.82) is 0 Å². The van der Waals surface area contributed by atoms with Gasteiger partial charge in [0, 0.05) is 7.05 Å². The van der Waals surface area contributed by atoms with Crippen LogP contribution in [0.1, 0.15) is 23.0 Å². The third-order valence-electron chi connectivity index (χ3n) is 3.76. The zero-order chi connectivity index (χ0) is 17.4. The van der Waals surface area contributed by atoms with Gasteiger partial charge in [0.1, 0.15) is 11.7 Å². The fourth-order valence-electron chi connectivity index (χ4n) is 2.52. The summed E-state index contributed by atoms with van der Waals surface area (Å²) in [5.41, 5.74) is 7.31. The van der Waals surface area contributed by atoms with E-state index < -0.39 is 17.9 Å². The predicted molar refractivity (Wildman–Crippen MR) is 87.1 cm³/mol. The van der Waals surface area contributed by atoms with Crippen LogP contribution in [0.5, 0.6) is 0 Å². The molecule has 3 rings (SSSR count). The van der Waals surface area contributed by atoms with Crippen LogP contribution in [0.25, 0.3) is 22.5 Å². The molecule has 8 nitrogen and oxygen atoms in total. The number of rotatable bonds is 4. The second-order valence-electron chi connectivity index (χ2n) is 5.54. The molecule has 8 heteroatoms. The number of aromatic nitrogens is 3. The van der Waals surface area contributed by atoms with Crippen molar-refractivity contribution in [3.05, 3.63) is 35.7 Å². The molecule has 0 aliphatic rings. The fourth-order valence-corrected chi connectivity index (χ4v) is 2.52. The van der Waals surface area contributed by atoms with Crippen LogP contribution in [0.3, 0.4) is 0 Å². The number of amides is 2. The van der Waals surface area contributed by atoms with Gasteiger partial charge < -0.3 is 15.5 Å². The van der Waals surface area contributed by atoms with E-state index in [4.69, 9.17) is 10.2 Å². The maximum atomic E-state index is 12.6. The highest BCUT2D eigenvalue weighted by atomic mass is 16.3. The lowest BCUT2D eigenvalue weighted by atomic mass is 10.1. The van der Waals surface area contributed by atoms with Gasteiger partial charge in [-0.1, -0.05) is 0 Å². The van der Waals surface area contributed by atoms with Gasteiger partial charge in [0.2, 0.25) is 5.91 Å². The van der Waals surface area contributed by atoms with Gasteiger partial charge in [0.15, 0.2) is 11.4 Å². The van der Waals surface area contributed by atoms with Gasteiger partial charge in [-0.2, -0.15) is 5.10 Å². The Morgan fingerprint density at radius 1 is 1.42 bits per heavy atom. The molecule has 0 bridgehead atoms. The standard InChI is InChI=1S/C16H17N5O3/c1-8-13-10(16(23)18-9(2)14(17)22)7-11(12-5-4-6-24-12)19-15(13)21(3)20-8/h4-7,9H,1-3H3,(H2,17,22)(H,18,23). The fraction of sp³-hybridized carbons (Fsp3) is 0.250. The first-order chi connectivity index (χ1) is 11.4. The van der Waals surface area contributed by atoms with Crippen LogP contribution in [0.15, 0.2) is 28.9 Å². The van der Waals surface area contributed by atoms with Crippen molar-refractivity contribution in [2.75, 3.05) is 0 Å². The number of carbonyl (C=O) groups excluding carboxylic acids is 2. The molecule has 0 saturated heterocycles. The van der Waals surface area contributed by atoms with E-state index in [-0.39, 0.29) is 0 Å². The van der Waals surface area contributed by atoms with E-state index in [1.807, 2.05) is 0 Å². The average molecular weight is 327 g/mol. The highest BCUT2D eigenvalue weighted by molar-refractivity contribution is 6.08. The zero-order valence-corrected chi connectivity index (χ0v) is 13.5. The quantitative estimate of drug-likeness (QED) is 0.745. The lowest BCUT2D eigenvalue weighted by Gasteiger charge is -2.11. The third-order valence-corrected chi connectivity index (χ3v) is 3.76. The Morgan fingerprint density at radius 2 is 2.17 bits per heavy atom. The molecule has 1 unspecified atom stereocenters. The number of primary amides is 1. The van der Waals surface area contributed by atoms with Crippen molar-refractivity contribution in [3.8, 4) is 11.5 Å². The van der Waals surface area contributed by atoms with Crippen molar-refractivity contribution >= 4 is 22.8 Å². The van der Waals surface area contributed by atoms with E-state index in [9.17, 15) is 9.59 Å². The molecule has 1 atom stereocenters. The molecule has 0 fully saturated rings. The molecule has 124 valence electrons. The maximum absolute atomic E-state index is 12.6. The first-order valence-electron chi connectivity index (χ1n) is 7.37. The van der Waals surface area contributed by atoms with E-state index in [2.05, 4.69) is 15.4 Å². The van der Waals surface area contributed by atoms with Crippen molar-refractivity contribution in [2.24, 2.45) is 12.8 Å². The summed E-state index contributed by atoms with van der Waals surface area (Å²) >= 11 is 0. The Labute approximate surface area is 137 Å². The first kappa shape index (κ1) is 15.7. The summed E-state index contributed by atoms with van der Waals surface area (Å²) in [6.45, 7) is 3.33. The third kappa shape index (κ3) is 2.62. The van der Waals surface area contributed by atoms with E-state index in [1.54, 1.807) is 36.9 Å². The minimum atomic E-state index is -0.787. The average Bonchev–Trinajstić information content (AvgIpc) is 3.15. The summed E-state index contributed by atoms with van der Waals surface area (Å²) in [5, 5.41) is 7.54. The van der Waals surface area contributed by atoms with Crippen LogP contribution >= 0.6 is 0 Å². The number of carbonyl (C=O) groups is 2. The SMILES string of the molecule is Cc1nn(C)c2nc(-c3ccco3)cc(C(=O)NC(C)C(N)=O)c12. The van der Waals surface area contributed by atoms with Crippen LogP contribution in [-0.2, 0) is 11.8 Å². The van der Waals surface area contributed by atoms with Crippen molar-refractivity contribution in [1.82, 2.24) is 20.1 Å². The van der Waals surface area contributed by atoms with Crippen LogP contribution in [0.4, 0.5) is 0 Å². The Kier molecular flexibility index (Phi) is 3.80. The van der Waals surface area contributed by atoms with Crippen LogP contribution in [0.2, 0.25) is 0 Å². The molecule has 2 amide bonds. The number of hydrogen-bond donors (Lipinski definition) is 2. The molecule has 0 radical (unpaired) electrons. The summed E-state index contributed by atoms with van der Waals surface area (Å²) in [7, 11) is 1.75. The summed E-state index contributed by atoms with van der Waals surface area (Å²) in [6, 6.07) is 4.33. The summed E-state index contributed by atoms with van der Waals surface area (Å²) in [4.78, 5) is 28.4. The van der Waals surface area contributed by atoms with Gasteiger partial charge in [-0.25, -0.2) is 4.98 Å². The van der Waals surface area contributed by atoms with Crippen LogP contribution in [0, 0.1) is 6.92 Å². The number of nitrogens with zero attached hydrogens (tertiary/aromatic N) is 3. The van der Waals surface area contributed by atoms with Gasteiger partial charge in [0.05, 0.1) is 22.9 Å². The number of pyridine rings is 1. The van der Waals surface area contributed by atoms with E-state index in [0.29, 0.717) is 33.7 Å². The van der Waals surface area contributed by atoms with E-state index in [0.717, 1.165) is 0 Å². The molecule has 3 aromatic rings. The Morgan fingerprint density at radius 3 is 2.79 bits per heavy atom. The zero-order valence-electron chi connectivity index (χ0n) is 13.5. The number of furan rings is 1. The molecule has 0 saturated carbocycles. The summed E-state index contributed by atoms with van der Waals surface area (Å²) in [6.07, 6.45) is 1.53. The Balaban J connectivity index is 2.17. The second kappa shape index (κ2) is 5.80. The van der Waals surface area contributed by atoms with E-state index >= 15 is 0 Å². The Bertz CT molecular complexity index is 927. The van der Waals surface area contributed by atoms with Gasteiger partial charge in [-0.05, 0) is 32.0 Å². The molecular formula is C16H17N5O3. The number of nitrogens with one attached hydrogen (secondary N) is 1. The van der Waals surface area contributed by atoms with Gasteiger partial charge in [-0.15, -0.1) is 0 Å². The minimum absolute atomic E-state index is 0.366. The van der Waals surface area contributed by atoms with Crippen molar-refractivity contribution < 1.29 is 14.0 Å². The lowest BCUT2D eigenvalue weighted by Crippen LogP contribution is -2.42. The molecule has 0 aliphatic heterocycles. The number of fused-ring (bicyclic) bond motifs is 1. The normalized spacial score (nSPS) is 12.3. The number of aryl methyl sites for hydroxylation is 2. The van der Waals surface area contributed by atoms with Crippen LogP contribution in [-0.4, -0.2) is 32.6 Å². The van der Waals surface area contributed by atoms with Crippen molar-refractivity contribution in [2.45, 2.75) is 19.9 Å². The molecule has 3 heterocycles. The topological polar surface area (TPSA) is 116 Å². The molecule has 3 N–H and O–H groups in total. The van der Waals surface area contributed by atoms with E-state index in [1.165, 1.54) is 13.2 Å². The second-order valence-corrected chi connectivity index (χ2v) is 5.54. The van der Waals surface area contributed by atoms with Gasteiger partial charge in [0.25, 0.3) is 5.91 Å². The molecular weight excluding hydrogens is 310 g/mol. The Hall–Kier alpha value is -3.16. The van der Waals surface area contributed by atoms with Gasteiger partial charge in [-0.3, -0.25) is 14.3 Å². The van der Waals surface area contributed by atoms with Crippen LogP contribution < -0.4 is 11.1 Å². The van der Waals surface area contributed by atoms with Gasteiger partial charge >= 0.3 is 0 Å². The first-order valence-corrected chi connectivity index (χ1v) is 7.37. The summed E-state index contributed by atoms with van der Waals surface area (Å²) in [5.74, 6) is -0.492. The number of hydrogen-bond acceptors (Lipinski definition) is 5. The lowest BCUT2D eigenvalue weighted by molar-refractivity contribution is -0.119. The van der Waals surface area contributed by atoms with Crippen molar-refractivity contribution in [3.63, 3.8) is 0 Å². The maximum Gasteiger partial charge on any atom is 0.252 e. The predicted octanol–water partition coefficient (Wildman–Crippen LogP) is 1.14. The smallest absolute Gasteiger partial charge is 0.252 e. The summed E-state index contributed by atoms with van der Waals surface area (Å²) < 4.78 is 6.97. The molecule has 24 heavy (non-hydrogen) atoms. The highest BCUT2D eigenvalue weighted by Crippen LogP contribution is 2.27.